The normalized spacial score (nSPS) is 18.2. The lowest BCUT2D eigenvalue weighted by molar-refractivity contribution is 0.381. The van der Waals surface area contributed by atoms with Crippen molar-refractivity contribution < 1.29 is 0 Å². The Labute approximate surface area is 115 Å². The third kappa shape index (κ3) is 2.55. The Bertz CT molecular complexity index is 549. The number of benzene rings is 1. The number of aromatic nitrogens is 1. The smallest absolute Gasteiger partial charge is 0.0481 e. The van der Waals surface area contributed by atoms with Gasteiger partial charge in [0, 0.05) is 36.7 Å². The fourth-order valence-electron chi connectivity index (χ4n) is 3.46. The van der Waals surface area contributed by atoms with Crippen LogP contribution >= 0.6 is 0 Å². The summed E-state index contributed by atoms with van der Waals surface area (Å²) in [6, 6.07) is 9.31. The lowest BCUT2D eigenvalue weighted by atomic mass is 9.99. The molecule has 0 saturated heterocycles. The van der Waals surface area contributed by atoms with Crippen LogP contribution in [0.25, 0.3) is 10.9 Å². The van der Waals surface area contributed by atoms with E-state index in [-0.39, 0.29) is 0 Å². The number of nitrogens with zero attached hydrogens (tertiary/aromatic N) is 1. The van der Waals surface area contributed by atoms with E-state index in [9.17, 15) is 0 Å². The van der Waals surface area contributed by atoms with Crippen LogP contribution in [0.3, 0.4) is 0 Å². The topological polar surface area (TPSA) is 17.0 Å². The predicted octanol–water partition coefficient (Wildman–Crippen LogP) is 3.85. The number of rotatable bonds is 4. The van der Waals surface area contributed by atoms with Crippen LogP contribution in [0.5, 0.6) is 0 Å². The zero-order valence-corrected chi connectivity index (χ0v) is 12.0. The van der Waals surface area contributed by atoms with Gasteiger partial charge in [-0.3, -0.25) is 0 Å². The summed E-state index contributed by atoms with van der Waals surface area (Å²) in [5.74, 6) is 0.884. The molecule has 0 bridgehead atoms. The van der Waals surface area contributed by atoms with Crippen molar-refractivity contribution in [2.75, 3.05) is 0 Å². The number of hydrogen-bond donors (Lipinski definition) is 1. The molecule has 0 amide bonds. The van der Waals surface area contributed by atoms with Gasteiger partial charge in [-0.1, -0.05) is 31.0 Å². The average Bonchev–Trinajstić information content (AvgIpc) is 3.06. The minimum Gasteiger partial charge on any atom is -0.350 e. The Morgan fingerprint density at radius 1 is 1.26 bits per heavy atom. The number of fused-ring (bicyclic) bond motifs is 1. The van der Waals surface area contributed by atoms with Crippen molar-refractivity contribution in [1.82, 2.24) is 9.88 Å². The van der Waals surface area contributed by atoms with Crippen molar-refractivity contribution in [1.29, 1.82) is 0 Å². The molecule has 102 valence electrons. The molecule has 1 atom stereocenters. The van der Waals surface area contributed by atoms with Gasteiger partial charge in [-0.15, -0.1) is 0 Å². The van der Waals surface area contributed by atoms with Gasteiger partial charge in [-0.05, 0) is 37.3 Å². The van der Waals surface area contributed by atoms with Crippen molar-refractivity contribution in [2.45, 2.75) is 45.2 Å². The molecular formula is C17H24N2. The van der Waals surface area contributed by atoms with E-state index in [1.807, 2.05) is 0 Å². The maximum Gasteiger partial charge on any atom is 0.0481 e. The Kier molecular flexibility index (Phi) is 3.61. The van der Waals surface area contributed by atoms with Gasteiger partial charge < -0.3 is 9.88 Å². The van der Waals surface area contributed by atoms with Gasteiger partial charge in [0.05, 0.1) is 0 Å². The molecule has 2 aromatic rings. The third-order valence-electron chi connectivity index (χ3n) is 4.70. The second-order valence-corrected chi connectivity index (χ2v) is 6.00. The van der Waals surface area contributed by atoms with E-state index in [1.165, 1.54) is 42.1 Å². The van der Waals surface area contributed by atoms with Crippen LogP contribution in [0.2, 0.25) is 0 Å². The van der Waals surface area contributed by atoms with Gasteiger partial charge in [-0.25, -0.2) is 0 Å². The summed E-state index contributed by atoms with van der Waals surface area (Å²) in [6.45, 7) is 3.33. The molecule has 2 heteroatoms. The van der Waals surface area contributed by atoms with Crippen molar-refractivity contribution in [3.8, 4) is 0 Å². The van der Waals surface area contributed by atoms with E-state index in [0.29, 0.717) is 6.04 Å². The Balaban J connectivity index is 1.71. The molecule has 0 radical (unpaired) electrons. The summed E-state index contributed by atoms with van der Waals surface area (Å²) in [5, 5.41) is 5.12. The number of para-hydroxylation sites is 1. The second kappa shape index (κ2) is 5.38. The largest absolute Gasteiger partial charge is 0.350 e. The second-order valence-electron chi connectivity index (χ2n) is 6.00. The summed E-state index contributed by atoms with van der Waals surface area (Å²) in [5.41, 5.74) is 2.75. The van der Waals surface area contributed by atoms with E-state index in [4.69, 9.17) is 0 Å². The summed E-state index contributed by atoms with van der Waals surface area (Å²) in [7, 11) is 2.13. The number of aryl methyl sites for hydroxylation is 1. The fraction of sp³-hybridized carbons (Fsp3) is 0.529. The summed E-state index contributed by atoms with van der Waals surface area (Å²) < 4.78 is 2.23. The van der Waals surface area contributed by atoms with Gasteiger partial charge >= 0.3 is 0 Å². The van der Waals surface area contributed by atoms with Crippen LogP contribution in [0.15, 0.2) is 30.5 Å². The molecule has 2 nitrogen and oxygen atoms in total. The monoisotopic (exact) mass is 256 g/mol. The third-order valence-corrected chi connectivity index (χ3v) is 4.70. The lowest BCUT2D eigenvalue weighted by Crippen LogP contribution is -2.31. The minimum atomic E-state index is 0.640. The molecule has 3 rings (SSSR count). The van der Waals surface area contributed by atoms with E-state index in [1.54, 1.807) is 0 Å². The van der Waals surface area contributed by atoms with Crippen LogP contribution in [0, 0.1) is 5.92 Å². The highest BCUT2D eigenvalue weighted by molar-refractivity contribution is 5.83. The van der Waals surface area contributed by atoms with Crippen molar-refractivity contribution in [2.24, 2.45) is 13.0 Å². The molecule has 19 heavy (non-hydrogen) atoms. The molecule has 0 spiro atoms. The SMILES string of the molecule is CC(NCc1cn(C)c2ccccc12)C1CCCC1. The molecule has 0 aliphatic heterocycles. The molecule has 1 aliphatic rings. The van der Waals surface area contributed by atoms with Gasteiger partial charge in [0.15, 0.2) is 0 Å². The molecule has 1 unspecified atom stereocenters. The first-order valence-electron chi connectivity index (χ1n) is 7.52. The lowest BCUT2D eigenvalue weighted by Gasteiger charge is -2.20. The predicted molar refractivity (Wildman–Crippen MR) is 81.2 cm³/mol. The first-order valence-corrected chi connectivity index (χ1v) is 7.52. The first-order chi connectivity index (χ1) is 9.25. The van der Waals surface area contributed by atoms with E-state index in [2.05, 4.69) is 54.3 Å². The van der Waals surface area contributed by atoms with Crippen LogP contribution in [-0.4, -0.2) is 10.6 Å². The summed E-state index contributed by atoms with van der Waals surface area (Å²) >= 11 is 0. The molecule has 1 N–H and O–H groups in total. The molecule has 1 aromatic carbocycles. The quantitative estimate of drug-likeness (QED) is 0.879. The molecule has 1 fully saturated rings. The highest BCUT2D eigenvalue weighted by Gasteiger charge is 2.21. The van der Waals surface area contributed by atoms with Crippen LogP contribution < -0.4 is 5.32 Å². The average molecular weight is 256 g/mol. The molecule has 1 aliphatic carbocycles. The maximum absolute atomic E-state index is 3.73. The number of hydrogen-bond acceptors (Lipinski definition) is 1. The molecule has 1 heterocycles. The summed E-state index contributed by atoms with van der Waals surface area (Å²) in [4.78, 5) is 0. The zero-order chi connectivity index (χ0) is 13.2. The van der Waals surface area contributed by atoms with Crippen LogP contribution in [0.1, 0.15) is 38.2 Å². The zero-order valence-electron chi connectivity index (χ0n) is 12.0. The van der Waals surface area contributed by atoms with Gasteiger partial charge in [0.2, 0.25) is 0 Å². The van der Waals surface area contributed by atoms with Gasteiger partial charge in [0.25, 0.3) is 0 Å². The minimum absolute atomic E-state index is 0.640. The molecule has 1 aromatic heterocycles. The van der Waals surface area contributed by atoms with Crippen molar-refractivity contribution >= 4 is 10.9 Å². The Morgan fingerprint density at radius 2 is 2.00 bits per heavy atom. The molecule has 1 saturated carbocycles. The van der Waals surface area contributed by atoms with Crippen LogP contribution in [0.4, 0.5) is 0 Å². The van der Waals surface area contributed by atoms with Gasteiger partial charge in [0.1, 0.15) is 0 Å². The van der Waals surface area contributed by atoms with Crippen molar-refractivity contribution in [3.63, 3.8) is 0 Å². The van der Waals surface area contributed by atoms with Gasteiger partial charge in [-0.2, -0.15) is 0 Å². The Hall–Kier alpha value is -1.28. The maximum atomic E-state index is 3.73. The fourth-order valence-corrected chi connectivity index (χ4v) is 3.46. The summed E-state index contributed by atoms with van der Waals surface area (Å²) in [6.07, 6.45) is 7.92. The molecular weight excluding hydrogens is 232 g/mol. The highest BCUT2D eigenvalue weighted by Crippen LogP contribution is 2.28. The Morgan fingerprint density at radius 3 is 2.79 bits per heavy atom. The number of nitrogens with one attached hydrogen (secondary N) is 1. The first kappa shape index (κ1) is 12.7. The highest BCUT2D eigenvalue weighted by atomic mass is 14.9. The van der Waals surface area contributed by atoms with Crippen molar-refractivity contribution in [3.05, 3.63) is 36.0 Å². The van der Waals surface area contributed by atoms with E-state index in [0.717, 1.165) is 12.5 Å². The van der Waals surface area contributed by atoms with E-state index < -0.39 is 0 Å². The van der Waals surface area contributed by atoms with E-state index >= 15 is 0 Å². The standard InChI is InChI=1S/C17H24N2/c1-13(14-7-3-4-8-14)18-11-15-12-19(2)17-10-6-5-9-16(15)17/h5-6,9-10,12-14,18H,3-4,7-8,11H2,1-2H3. The van der Waals surface area contributed by atoms with Crippen LogP contribution in [-0.2, 0) is 13.6 Å².